The third-order valence-electron chi connectivity index (χ3n) is 6.90. The lowest BCUT2D eigenvalue weighted by atomic mass is 9.96. The van der Waals surface area contributed by atoms with Gasteiger partial charge in [-0.2, -0.15) is 0 Å². The summed E-state index contributed by atoms with van der Waals surface area (Å²) in [4.78, 5) is 20.9. The van der Waals surface area contributed by atoms with Crippen molar-refractivity contribution in [3.63, 3.8) is 0 Å². The topological polar surface area (TPSA) is 58.7 Å². The zero-order chi connectivity index (χ0) is 26.9. The fraction of sp³-hybridized carbons (Fsp3) is 0.118. The second-order valence-electron chi connectivity index (χ2n) is 9.80. The summed E-state index contributed by atoms with van der Waals surface area (Å²) in [5, 5.41) is 2.09. The first-order valence-corrected chi connectivity index (χ1v) is 14.4. The van der Waals surface area contributed by atoms with E-state index in [9.17, 15) is 0 Å². The van der Waals surface area contributed by atoms with Gasteiger partial charge in [0.05, 0.1) is 52.2 Å². The van der Waals surface area contributed by atoms with Crippen LogP contribution in [0.25, 0.3) is 11.1 Å². The first-order chi connectivity index (χ1) is 19.7. The Morgan fingerprint density at radius 1 is 0.700 bits per heavy atom. The van der Waals surface area contributed by atoms with Crippen molar-refractivity contribution in [1.29, 1.82) is 0 Å². The van der Waals surface area contributed by atoms with Crippen molar-refractivity contribution in [2.45, 2.75) is 19.8 Å². The van der Waals surface area contributed by atoms with Crippen molar-refractivity contribution >= 4 is 45.3 Å². The lowest BCUT2D eigenvalue weighted by Gasteiger charge is -2.12. The average Bonchev–Trinajstić information content (AvgIpc) is 3.79. The van der Waals surface area contributed by atoms with Gasteiger partial charge in [-0.1, -0.05) is 31.5 Å². The molecule has 1 aromatic carbocycles. The molecule has 40 heavy (non-hydrogen) atoms. The molecule has 2 aromatic rings. The fourth-order valence-electron chi connectivity index (χ4n) is 4.93. The van der Waals surface area contributed by atoms with Gasteiger partial charge in [-0.05, 0) is 96.3 Å². The Morgan fingerprint density at radius 3 is 2.10 bits per heavy atom. The lowest BCUT2D eigenvalue weighted by molar-refractivity contribution is 0.309. The monoisotopic (exact) mass is 538 g/mol. The molecule has 5 aliphatic rings. The van der Waals surface area contributed by atoms with E-state index in [4.69, 9.17) is 24.7 Å². The highest BCUT2D eigenvalue weighted by molar-refractivity contribution is 7.11. The van der Waals surface area contributed by atoms with Gasteiger partial charge in [0.15, 0.2) is 0 Å². The predicted molar refractivity (Wildman–Crippen MR) is 167 cm³/mol. The molecule has 0 unspecified atom stereocenters. The van der Waals surface area contributed by atoms with Crippen LogP contribution in [0, 0.1) is 0 Å². The Hall–Kier alpha value is -4.68. The highest BCUT2D eigenvalue weighted by atomic mass is 32.1. The van der Waals surface area contributed by atoms with Crippen LogP contribution in [0.5, 0.6) is 5.75 Å². The summed E-state index contributed by atoms with van der Waals surface area (Å²) in [5.41, 5.74) is 10.1. The Kier molecular flexibility index (Phi) is 6.38. The van der Waals surface area contributed by atoms with E-state index in [-0.39, 0.29) is 0 Å². The first-order valence-electron chi connectivity index (χ1n) is 13.5. The van der Waals surface area contributed by atoms with Gasteiger partial charge in [0, 0.05) is 16.0 Å². The van der Waals surface area contributed by atoms with Gasteiger partial charge < -0.3 is 4.74 Å². The molecule has 7 rings (SSSR count). The lowest BCUT2D eigenvalue weighted by Crippen LogP contribution is -2.01. The maximum absolute atomic E-state index is 5.93. The summed E-state index contributed by atoms with van der Waals surface area (Å²) in [7, 11) is 0. The second kappa shape index (κ2) is 10.5. The molecule has 5 aliphatic heterocycles. The van der Waals surface area contributed by atoms with Crippen LogP contribution in [0.4, 0.5) is 0 Å². The van der Waals surface area contributed by atoms with Crippen LogP contribution < -0.4 is 4.74 Å². The molecule has 8 bridgehead atoms. The Balaban J connectivity index is 1.39. The Morgan fingerprint density at radius 2 is 1.40 bits per heavy atom. The van der Waals surface area contributed by atoms with Gasteiger partial charge in [0.25, 0.3) is 0 Å². The van der Waals surface area contributed by atoms with Crippen molar-refractivity contribution in [3.05, 3.63) is 136 Å². The third kappa shape index (κ3) is 4.90. The molecule has 0 saturated heterocycles. The zero-order valence-corrected chi connectivity index (χ0v) is 22.9. The SMILES string of the molecule is CCCCOc1ccc(C2=CC3=NC2=C(c2cccs2)C2=NC(=CC4=NC(=CC5=NC(=C3)C=C5)C=C4)C=C2)cc1. The van der Waals surface area contributed by atoms with E-state index in [0.29, 0.717) is 0 Å². The van der Waals surface area contributed by atoms with Crippen LogP contribution in [0.15, 0.2) is 145 Å². The molecule has 6 heteroatoms. The molecule has 0 radical (unpaired) electrons. The van der Waals surface area contributed by atoms with Crippen LogP contribution in [0.3, 0.4) is 0 Å². The van der Waals surface area contributed by atoms with Crippen LogP contribution in [-0.2, 0) is 0 Å². The minimum absolute atomic E-state index is 0.726. The van der Waals surface area contributed by atoms with E-state index in [1.165, 1.54) is 0 Å². The molecule has 0 amide bonds. The standard InChI is InChI=1S/C34H26N4OS/c1-2-3-16-39-29-13-6-22(7-14-29)30-21-28-20-26-11-10-24(36-26)18-23-8-9-25(35-23)19-27-12-15-31(37-27)33(34(30)38-28)32-5-4-17-40-32/h4-15,17-21H,2-3,16H2,1H3. The smallest absolute Gasteiger partial charge is 0.119 e. The fourth-order valence-corrected chi connectivity index (χ4v) is 5.71. The number of allylic oxidation sites excluding steroid dienone is 12. The van der Waals surface area contributed by atoms with Crippen molar-refractivity contribution in [3.8, 4) is 5.75 Å². The summed E-state index contributed by atoms with van der Waals surface area (Å²) in [6.07, 6.45) is 22.5. The van der Waals surface area contributed by atoms with Gasteiger partial charge in [0.1, 0.15) is 5.75 Å². The molecule has 6 heterocycles. The highest BCUT2D eigenvalue weighted by Gasteiger charge is 2.25. The molecule has 0 fully saturated rings. The maximum atomic E-state index is 5.93. The first kappa shape index (κ1) is 24.4. The summed E-state index contributed by atoms with van der Waals surface area (Å²) in [6.45, 7) is 2.89. The van der Waals surface area contributed by atoms with Crippen LogP contribution in [0.1, 0.15) is 30.2 Å². The molecule has 0 atom stereocenters. The van der Waals surface area contributed by atoms with Gasteiger partial charge in [-0.3, -0.25) is 0 Å². The van der Waals surface area contributed by atoms with Crippen LogP contribution >= 0.6 is 11.3 Å². The number of benzene rings is 1. The van der Waals surface area contributed by atoms with Crippen molar-refractivity contribution < 1.29 is 4.74 Å². The van der Waals surface area contributed by atoms with Crippen LogP contribution in [-0.4, -0.2) is 29.5 Å². The van der Waals surface area contributed by atoms with Crippen molar-refractivity contribution in [2.75, 3.05) is 6.61 Å². The molecule has 0 aliphatic carbocycles. The maximum Gasteiger partial charge on any atom is 0.119 e. The number of thiophene rings is 1. The number of unbranched alkanes of at least 4 members (excludes halogenated alkanes) is 1. The quantitative estimate of drug-likeness (QED) is 0.345. The number of nitrogens with zero attached hydrogens (tertiary/aromatic N) is 4. The van der Waals surface area contributed by atoms with Gasteiger partial charge in [-0.15, -0.1) is 11.3 Å². The number of hydrogen-bond acceptors (Lipinski definition) is 6. The number of ether oxygens (including phenoxy) is 1. The molecule has 0 saturated carbocycles. The number of fused-ring (bicyclic) bond motifs is 4. The van der Waals surface area contributed by atoms with Crippen molar-refractivity contribution in [2.24, 2.45) is 20.0 Å². The van der Waals surface area contributed by atoms with Crippen molar-refractivity contribution in [1.82, 2.24) is 0 Å². The minimum Gasteiger partial charge on any atom is -0.494 e. The van der Waals surface area contributed by atoms with Gasteiger partial charge >= 0.3 is 0 Å². The Bertz CT molecular complexity index is 1760. The normalized spacial score (nSPS) is 18.7. The molecule has 5 nitrogen and oxygen atoms in total. The second-order valence-corrected chi connectivity index (χ2v) is 10.7. The third-order valence-corrected chi connectivity index (χ3v) is 7.78. The Labute approximate surface area is 237 Å². The minimum atomic E-state index is 0.726. The molecular formula is C34H26N4OS. The summed E-state index contributed by atoms with van der Waals surface area (Å²) < 4.78 is 5.93. The van der Waals surface area contributed by atoms with Gasteiger partial charge in [0.2, 0.25) is 0 Å². The zero-order valence-electron chi connectivity index (χ0n) is 22.0. The summed E-state index contributed by atoms with van der Waals surface area (Å²) in [6, 6.07) is 12.5. The van der Waals surface area contributed by atoms with E-state index in [1.807, 2.05) is 60.7 Å². The van der Waals surface area contributed by atoms with E-state index in [2.05, 4.69) is 48.7 Å². The molecule has 0 N–H and O–H groups in total. The van der Waals surface area contributed by atoms with E-state index >= 15 is 0 Å². The number of hydrogen-bond donors (Lipinski definition) is 0. The number of aliphatic imine (C=N–C) groups is 4. The van der Waals surface area contributed by atoms with Gasteiger partial charge in [-0.25, -0.2) is 20.0 Å². The average molecular weight is 539 g/mol. The van der Waals surface area contributed by atoms with E-state index in [0.717, 1.165) is 92.4 Å². The summed E-state index contributed by atoms with van der Waals surface area (Å²) in [5.74, 6) is 0.879. The molecule has 194 valence electrons. The molecular weight excluding hydrogens is 512 g/mol. The predicted octanol–water partition coefficient (Wildman–Crippen LogP) is 7.87. The number of rotatable bonds is 6. The van der Waals surface area contributed by atoms with E-state index in [1.54, 1.807) is 11.3 Å². The van der Waals surface area contributed by atoms with Crippen LogP contribution in [0.2, 0.25) is 0 Å². The largest absolute Gasteiger partial charge is 0.494 e. The molecule has 1 aromatic heterocycles. The molecule has 0 spiro atoms. The highest BCUT2D eigenvalue weighted by Crippen LogP contribution is 2.39. The summed E-state index contributed by atoms with van der Waals surface area (Å²) >= 11 is 1.69. The van der Waals surface area contributed by atoms with E-state index < -0.39 is 0 Å².